The second-order valence-electron chi connectivity index (χ2n) is 6.11. The van der Waals surface area contributed by atoms with Crippen LogP contribution in [0, 0.1) is 6.92 Å². The molecule has 4 rings (SSSR count). The van der Waals surface area contributed by atoms with E-state index in [9.17, 15) is 4.79 Å². The number of carbonyl (C=O) groups is 1. The molecule has 26 heavy (non-hydrogen) atoms. The summed E-state index contributed by atoms with van der Waals surface area (Å²) in [5.41, 5.74) is 1.64. The van der Waals surface area contributed by atoms with Crippen molar-refractivity contribution in [2.24, 2.45) is 0 Å². The predicted octanol–water partition coefficient (Wildman–Crippen LogP) is 1.46. The molecule has 0 fully saturated rings. The van der Waals surface area contributed by atoms with Crippen molar-refractivity contribution in [3.8, 4) is 5.88 Å². The topological polar surface area (TPSA) is 99.2 Å². The number of aryl methyl sites for hydroxylation is 2. The summed E-state index contributed by atoms with van der Waals surface area (Å²) in [5, 5.41) is 8.14. The van der Waals surface area contributed by atoms with Crippen molar-refractivity contribution in [2.45, 2.75) is 32.5 Å². The van der Waals surface area contributed by atoms with Gasteiger partial charge in [-0.3, -0.25) is 14.5 Å². The molecule has 4 heterocycles. The maximum atomic E-state index is 13.0. The molecule has 0 aliphatic carbocycles. The van der Waals surface area contributed by atoms with Crippen molar-refractivity contribution in [2.75, 3.05) is 6.61 Å². The second kappa shape index (κ2) is 6.95. The minimum atomic E-state index is -0.215. The number of ether oxygens (including phenoxy) is 1. The van der Waals surface area contributed by atoms with Crippen LogP contribution in [0.1, 0.15) is 28.4 Å². The maximum absolute atomic E-state index is 13.0. The van der Waals surface area contributed by atoms with Crippen molar-refractivity contribution in [1.82, 2.24) is 29.8 Å². The standard InChI is InChI=1S/C17H18N6O3/c1-12-8-15(26-21-12)17(24)22-10-13-2-4-20-23(13)7-3-14(22)11-25-16-9-18-5-6-19-16/h2,4-6,8-9,14H,3,7,10-11H2,1H3. The van der Waals surface area contributed by atoms with Gasteiger partial charge in [0.15, 0.2) is 0 Å². The Balaban J connectivity index is 1.57. The molecule has 1 amide bonds. The molecule has 0 radical (unpaired) electrons. The van der Waals surface area contributed by atoms with Crippen LogP contribution >= 0.6 is 0 Å². The molecule has 1 aliphatic rings. The Bertz CT molecular complexity index is 891. The average molecular weight is 354 g/mol. The lowest BCUT2D eigenvalue weighted by Gasteiger charge is -2.28. The van der Waals surface area contributed by atoms with Crippen LogP contribution < -0.4 is 4.74 Å². The lowest BCUT2D eigenvalue weighted by molar-refractivity contribution is 0.0544. The van der Waals surface area contributed by atoms with Crippen molar-refractivity contribution in [3.05, 3.63) is 54.1 Å². The van der Waals surface area contributed by atoms with Crippen LogP contribution in [0.2, 0.25) is 0 Å². The molecule has 1 unspecified atom stereocenters. The van der Waals surface area contributed by atoms with E-state index in [2.05, 4.69) is 20.2 Å². The summed E-state index contributed by atoms with van der Waals surface area (Å²) in [7, 11) is 0. The SMILES string of the molecule is Cc1cc(C(=O)N2Cc3ccnn3CCC2COc2cnccn2)on1. The quantitative estimate of drug-likeness (QED) is 0.699. The summed E-state index contributed by atoms with van der Waals surface area (Å²) in [4.78, 5) is 22.8. The molecule has 3 aromatic rings. The van der Waals surface area contributed by atoms with Crippen LogP contribution in [0.3, 0.4) is 0 Å². The molecule has 1 atom stereocenters. The van der Waals surface area contributed by atoms with Gasteiger partial charge in [-0.15, -0.1) is 0 Å². The summed E-state index contributed by atoms with van der Waals surface area (Å²) >= 11 is 0. The van der Waals surface area contributed by atoms with E-state index in [1.165, 1.54) is 0 Å². The number of fused-ring (bicyclic) bond motifs is 1. The largest absolute Gasteiger partial charge is 0.474 e. The summed E-state index contributed by atoms with van der Waals surface area (Å²) in [6, 6.07) is 3.40. The molecule has 1 aliphatic heterocycles. The van der Waals surface area contributed by atoms with E-state index in [4.69, 9.17) is 9.26 Å². The van der Waals surface area contributed by atoms with Gasteiger partial charge < -0.3 is 14.2 Å². The molecule has 9 nitrogen and oxygen atoms in total. The highest BCUT2D eigenvalue weighted by atomic mass is 16.5. The van der Waals surface area contributed by atoms with Crippen molar-refractivity contribution < 1.29 is 14.1 Å². The normalized spacial score (nSPS) is 16.8. The van der Waals surface area contributed by atoms with Crippen LogP contribution in [0.5, 0.6) is 5.88 Å². The van der Waals surface area contributed by atoms with Crippen LogP contribution in [0.15, 0.2) is 41.4 Å². The molecule has 0 N–H and O–H groups in total. The van der Waals surface area contributed by atoms with Gasteiger partial charge in [0.1, 0.15) is 6.61 Å². The number of hydrogen-bond acceptors (Lipinski definition) is 7. The van der Waals surface area contributed by atoms with Gasteiger partial charge in [0.25, 0.3) is 5.91 Å². The molecule has 0 saturated heterocycles. The Kier molecular flexibility index (Phi) is 4.34. The van der Waals surface area contributed by atoms with Gasteiger partial charge in [0.2, 0.25) is 11.6 Å². The maximum Gasteiger partial charge on any atom is 0.293 e. The van der Waals surface area contributed by atoms with Crippen LogP contribution in [-0.4, -0.2) is 48.4 Å². The minimum absolute atomic E-state index is 0.156. The zero-order chi connectivity index (χ0) is 17.9. The van der Waals surface area contributed by atoms with Gasteiger partial charge in [-0.25, -0.2) is 4.98 Å². The number of amides is 1. The third-order valence-corrected chi connectivity index (χ3v) is 4.31. The number of hydrogen-bond donors (Lipinski definition) is 0. The fraction of sp³-hybridized carbons (Fsp3) is 0.353. The first kappa shape index (κ1) is 16.2. The van der Waals surface area contributed by atoms with Gasteiger partial charge in [-0.1, -0.05) is 5.16 Å². The van der Waals surface area contributed by atoms with Crippen LogP contribution in [0.4, 0.5) is 0 Å². The van der Waals surface area contributed by atoms with E-state index in [0.717, 1.165) is 5.69 Å². The fourth-order valence-electron chi connectivity index (χ4n) is 2.98. The first-order valence-corrected chi connectivity index (χ1v) is 8.34. The summed E-state index contributed by atoms with van der Waals surface area (Å²) in [6.07, 6.45) is 7.15. The molecular weight excluding hydrogens is 336 g/mol. The first-order chi connectivity index (χ1) is 12.7. The highest BCUT2D eigenvalue weighted by Gasteiger charge is 2.31. The minimum Gasteiger partial charge on any atom is -0.474 e. The van der Waals surface area contributed by atoms with Crippen molar-refractivity contribution in [1.29, 1.82) is 0 Å². The average Bonchev–Trinajstić information content (AvgIpc) is 3.26. The van der Waals surface area contributed by atoms with Gasteiger partial charge in [-0.2, -0.15) is 5.10 Å². The zero-order valence-electron chi connectivity index (χ0n) is 14.3. The zero-order valence-corrected chi connectivity index (χ0v) is 14.3. The summed E-state index contributed by atoms with van der Waals surface area (Å²) in [6.45, 7) is 3.22. The van der Waals surface area contributed by atoms with E-state index in [-0.39, 0.29) is 17.7 Å². The summed E-state index contributed by atoms with van der Waals surface area (Å²) < 4.78 is 12.8. The highest BCUT2D eigenvalue weighted by Crippen LogP contribution is 2.21. The number of rotatable bonds is 4. The molecule has 0 bridgehead atoms. The number of carbonyl (C=O) groups excluding carboxylic acids is 1. The van der Waals surface area contributed by atoms with Gasteiger partial charge >= 0.3 is 0 Å². The monoisotopic (exact) mass is 354 g/mol. The second-order valence-corrected chi connectivity index (χ2v) is 6.11. The van der Waals surface area contributed by atoms with E-state index >= 15 is 0 Å². The van der Waals surface area contributed by atoms with E-state index in [1.54, 1.807) is 42.7 Å². The Hall–Kier alpha value is -3.23. The van der Waals surface area contributed by atoms with Gasteiger partial charge in [0.05, 0.1) is 30.2 Å². The number of aromatic nitrogens is 5. The Morgan fingerprint density at radius 3 is 3.08 bits per heavy atom. The van der Waals surface area contributed by atoms with Gasteiger partial charge in [0, 0.05) is 31.2 Å². The molecule has 0 aromatic carbocycles. The Labute approximate surface area is 149 Å². The number of nitrogens with zero attached hydrogens (tertiary/aromatic N) is 6. The third-order valence-electron chi connectivity index (χ3n) is 4.31. The fourth-order valence-corrected chi connectivity index (χ4v) is 2.98. The van der Waals surface area contributed by atoms with Crippen molar-refractivity contribution in [3.63, 3.8) is 0 Å². The Morgan fingerprint density at radius 2 is 2.31 bits per heavy atom. The van der Waals surface area contributed by atoms with E-state index in [1.807, 2.05) is 10.7 Å². The molecule has 3 aromatic heterocycles. The molecule has 134 valence electrons. The van der Waals surface area contributed by atoms with Gasteiger partial charge in [-0.05, 0) is 19.4 Å². The third kappa shape index (κ3) is 3.28. The predicted molar refractivity (Wildman–Crippen MR) is 89.3 cm³/mol. The van der Waals surface area contributed by atoms with E-state index < -0.39 is 0 Å². The molecule has 0 spiro atoms. The van der Waals surface area contributed by atoms with Crippen LogP contribution in [-0.2, 0) is 13.1 Å². The summed E-state index contributed by atoms with van der Waals surface area (Å²) in [5.74, 6) is 0.436. The highest BCUT2D eigenvalue weighted by molar-refractivity contribution is 5.91. The lowest BCUT2D eigenvalue weighted by Crippen LogP contribution is -2.42. The smallest absolute Gasteiger partial charge is 0.293 e. The first-order valence-electron chi connectivity index (χ1n) is 8.34. The van der Waals surface area contributed by atoms with E-state index in [0.29, 0.717) is 37.7 Å². The molecular formula is C17H18N6O3. The molecule has 9 heteroatoms. The lowest BCUT2D eigenvalue weighted by atomic mass is 10.1. The van der Waals surface area contributed by atoms with Crippen molar-refractivity contribution >= 4 is 5.91 Å². The Morgan fingerprint density at radius 1 is 1.38 bits per heavy atom. The molecule has 0 saturated carbocycles. The van der Waals surface area contributed by atoms with Crippen LogP contribution in [0.25, 0.3) is 0 Å².